The van der Waals surface area contributed by atoms with Crippen LogP contribution in [0.25, 0.3) is 21.5 Å². The van der Waals surface area contributed by atoms with Crippen LogP contribution in [0.5, 0.6) is 5.75 Å². The van der Waals surface area contributed by atoms with Gasteiger partial charge < -0.3 is 10.1 Å². The van der Waals surface area contributed by atoms with Crippen molar-refractivity contribution in [1.82, 2.24) is 15.0 Å². The molecule has 1 atom stereocenters. The predicted molar refractivity (Wildman–Crippen MR) is 108 cm³/mol. The van der Waals surface area contributed by atoms with Gasteiger partial charge in [-0.15, -0.1) is 11.3 Å². The van der Waals surface area contributed by atoms with Crippen LogP contribution in [-0.2, 0) is 0 Å². The zero-order chi connectivity index (χ0) is 18.2. The van der Waals surface area contributed by atoms with Crippen LogP contribution in [0.3, 0.4) is 0 Å². The van der Waals surface area contributed by atoms with E-state index < -0.39 is 0 Å². The second-order valence-electron chi connectivity index (χ2n) is 6.59. The minimum Gasteiger partial charge on any atom is -0.493 e. The first kappa shape index (κ1) is 16.2. The molecule has 1 aliphatic rings. The molecule has 2 aromatic carbocycles. The molecule has 0 spiro atoms. The average Bonchev–Trinajstić information content (AvgIpc) is 3.16. The first-order valence-corrected chi connectivity index (χ1v) is 9.82. The molecule has 5 rings (SSSR count). The van der Waals surface area contributed by atoms with Crippen LogP contribution >= 0.6 is 11.3 Å². The number of hydrogen-bond acceptors (Lipinski definition) is 6. The molecule has 4 aromatic rings. The predicted octanol–water partition coefficient (Wildman–Crippen LogP) is 5.00. The summed E-state index contributed by atoms with van der Waals surface area (Å²) in [6.45, 7) is 2.63. The highest BCUT2D eigenvalue weighted by Crippen LogP contribution is 2.34. The quantitative estimate of drug-likeness (QED) is 0.547. The van der Waals surface area contributed by atoms with Gasteiger partial charge in [0, 0.05) is 23.6 Å². The largest absolute Gasteiger partial charge is 0.493 e. The second kappa shape index (κ2) is 6.63. The number of ether oxygens (including phenoxy) is 1. The first-order chi connectivity index (χ1) is 13.3. The molecule has 0 radical (unpaired) electrons. The summed E-state index contributed by atoms with van der Waals surface area (Å²) in [5.74, 6) is 2.53. The van der Waals surface area contributed by atoms with Crippen LogP contribution in [-0.4, -0.2) is 21.6 Å². The molecule has 1 aliphatic heterocycles. The Kier molecular flexibility index (Phi) is 3.98. The van der Waals surface area contributed by atoms with Gasteiger partial charge in [0.05, 0.1) is 34.1 Å². The molecular formula is C21H18N4OS. The molecule has 27 heavy (non-hydrogen) atoms. The molecule has 6 heteroatoms. The lowest BCUT2D eigenvalue weighted by Crippen LogP contribution is -2.21. The van der Waals surface area contributed by atoms with Crippen LogP contribution in [0.2, 0.25) is 0 Å². The Morgan fingerprint density at radius 2 is 2.04 bits per heavy atom. The molecule has 0 fully saturated rings. The lowest BCUT2D eigenvalue weighted by molar-refractivity contribution is 0.274. The van der Waals surface area contributed by atoms with Gasteiger partial charge >= 0.3 is 0 Å². The van der Waals surface area contributed by atoms with Gasteiger partial charge in [0.1, 0.15) is 17.4 Å². The Hall–Kier alpha value is -2.99. The highest BCUT2D eigenvalue weighted by molar-refractivity contribution is 7.16. The lowest BCUT2D eigenvalue weighted by atomic mass is 10.0. The zero-order valence-electron chi connectivity index (χ0n) is 14.8. The number of anilines is 1. The highest BCUT2D eigenvalue weighted by atomic mass is 32.1. The maximum Gasteiger partial charge on any atom is 0.130 e. The Morgan fingerprint density at radius 1 is 1.11 bits per heavy atom. The third-order valence-corrected chi connectivity index (χ3v) is 5.54. The summed E-state index contributed by atoms with van der Waals surface area (Å²) in [4.78, 5) is 13.6. The number of benzene rings is 2. The van der Waals surface area contributed by atoms with Crippen molar-refractivity contribution in [2.45, 2.75) is 19.4 Å². The number of aryl methyl sites for hydroxylation is 1. The molecule has 134 valence electrons. The van der Waals surface area contributed by atoms with E-state index in [-0.39, 0.29) is 6.04 Å². The third kappa shape index (κ3) is 3.13. The van der Waals surface area contributed by atoms with Crippen molar-refractivity contribution in [3.63, 3.8) is 0 Å². The van der Waals surface area contributed by atoms with E-state index in [0.29, 0.717) is 6.61 Å². The molecule has 0 aliphatic carbocycles. The third-order valence-electron chi connectivity index (χ3n) is 4.75. The molecule has 2 aromatic heterocycles. The van der Waals surface area contributed by atoms with E-state index >= 15 is 0 Å². The Morgan fingerprint density at radius 3 is 3.00 bits per heavy atom. The Labute approximate surface area is 161 Å². The first-order valence-electron chi connectivity index (χ1n) is 8.94. The summed E-state index contributed by atoms with van der Waals surface area (Å²) in [7, 11) is 0. The van der Waals surface area contributed by atoms with Gasteiger partial charge in [-0.2, -0.15) is 0 Å². The molecular weight excluding hydrogens is 356 g/mol. The smallest absolute Gasteiger partial charge is 0.130 e. The number of thiazole rings is 1. The fourth-order valence-corrected chi connectivity index (χ4v) is 4.19. The molecule has 3 heterocycles. The van der Waals surface area contributed by atoms with Crippen molar-refractivity contribution >= 4 is 27.4 Å². The molecule has 5 nitrogen and oxygen atoms in total. The molecule has 1 N–H and O–H groups in total. The number of nitrogens with one attached hydrogen (secondary N) is 1. The van der Waals surface area contributed by atoms with Gasteiger partial charge in [-0.25, -0.2) is 15.0 Å². The monoisotopic (exact) mass is 374 g/mol. The highest BCUT2D eigenvalue weighted by Gasteiger charge is 2.21. The summed E-state index contributed by atoms with van der Waals surface area (Å²) >= 11 is 1.64. The summed E-state index contributed by atoms with van der Waals surface area (Å²) < 4.78 is 6.93. The van der Waals surface area contributed by atoms with Crippen molar-refractivity contribution < 1.29 is 4.74 Å². The number of aromatic nitrogens is 3. The molecule has 0 bridgehead atoms. The maximum absolute atomic E-state index is 5.76. The normalized spacial score (nSPS) is 16.0. The van der Waals surface area contributed by atoms with Gasteiger partial charge in [-0.1, -0.05) is 24.3 Å². The van der Waals surface area contributed by atoms with Crippen LogP contribution in [0.15, 0.2) is 54.0 Å². The van der Waals surface area contributed by atoms with Gasteiger partial charge in [-0.05, 0) is 25.1 Å². The van der Waals surface area contributed by atoms with E-state index in [4.69, 9.17) is 4.74 Å². The van der Waals surface area contributed by atoms with Crippen molar-refractivity contribution in [3.05, 3.63) is 65.4 Å². The molecule has 0 saturated heterocycles. The van der Waals surface area contributed by atoms with Gasteiger partial charge in [0.15, 0.2) is 0 Å². The van der Waals surface area contributed by atoms with Crippen LogP contribution in [0.1, 0.15) is 23.9 Å². The van der Waals surface area contributed by atoms with Gasteiger partial charge in [0.25, 0.3) is 0 Å². The summed E-state index contributed by atoms with van der Waals surface area (Å²) in [5.41, 5.74) is 6.06. The minimum atomic E-state index is 0.182. The van der Waals surface area contributed by atoms with Gasteiger partial charge in [0.2, 0.25) is 0 Å². The number of nitrogens with zero attached hydrogens (tertiary/aromatic N) is 3. The standard InChI is InChI=1S/C21H18N4OS/c1-13-23-18(14-6-7-17-20(10-14)27-12-22-17)11-21(24-13)25-16-8-9-26-19-5-3-2-4-15(16)19/h2-7,10-12,16H,8-9H2,1H3,(H,23,24,25)/t16-/m0/s1. The number of hydrogen-bond donors (Lipinski definition) is 1. The summed E-state index contributed by atoms with van der Waals surface area (Å²) in [6.07, 6.45) is 0.905. The van der Waals surface area contributed by atoms with Crippen LogP contribution < -0.4 is 10.1 Å². The van der Waals surface area contributed by atoms with Crippen LogP contribution in [0.4, 0.5) is 5.82 Å². The fraction of sp³-hybridized carbons (Fsp3) is 0.190. The van der Waals surface area contributed by atoms with Crippen molar-refractivity contribution in [1.29, 1.82) is 0 Å². The summed E-state index contributed by atoms with van der Waals surface area (Å²) in [5, 5.41) is 3.58. The average molecular weight is 374 g/mol. The van der Waals surface area contributed by atoms with E-state index in [1.165, 1.54) is 5.56 Å². The Balaban J connectivity index is 1.49. The maximum atomic E-state index is 5.76. The topological polar surface area (TPSA) is 59.9 Å². The molecule has 0 unspecified atom stereocenters. The zero-order valence-corrected chi connectivity index (χ0v) is 15.7. The van der Waals surface area contributed by atoms with E-state index in [9.17, 15) is 0 Å². The number of fused-ring (bicyclic) bond motifs is 2. The fourth-order valence-electron chi connectivity index (χ4n) is 3.47. The van der Waals surface area contributed by atoms with E-state index in [1.54, 1.807) is 11.3 Å². The lowest BCUT2D eigenvalue weighted by Gasteiger charge is -2.27. The van der Waals surface area contributed by atoms with E-state index in [0.717, 1.165) is 45.3 Å². The van der Waals surface area contributed by atoms with Crippen molar-refractivity contribution in [2.75, 3.05) is 11.9 Å². The van der Waals surface area contributed by atoms with E-state index in [2.05, 4.69) is 38.5 Å². The number of rotatable bonds is 3. The molecule has 0 saturated carbocycles. The second-order valence-corrected chi connectivity index (χ2v) is 7.48. The van der Waals surface area contributed by atoms with Crippen molar-refractivity contribution in [2.24, 2.45) is 0 Å². The van der Waals surface area contributed by atoms with E-state index in [1.807, 2.05) is 42.8 Å². The van der Waals surface area contributed by atoms with Crippen molar-refractivity contribution in [3.8, 4) is 17.0 Å². The van der Waals surface area contributed by atoms with Gasteiger partial charge in [-0.3, -0.25) is 0 Å². The minimum absolute atomic E-state index is 0.182. The Bertz CT molecular complexity index is 1120. The molecule has 0 amide bonds. The summed E-state index contributed by atoms with van der Waals surface area (Å²) in [6, 6.07) is 16.6. The number of para-hydroxylation sites is 1. The SMILES string of the molecule is Cc1nc(N[C@H]2CCOc3ccccc32)cc(-c2ccc3ncsc3c2)n1. The van der Waals surface area contributed by atoms with Crippen LogP contribution in [0, 0.1) is 6.92 Å².